The van der Waals surface area contributed by atoms with Crippen molar-refractivity contribution in [1.29, 1.82) is 0 Å². The molecule has 206 valence electrons. The number of nitrogens with zero attached hydrogens (tertiary/aromatic N) is 4. The number of ether oxygens (including phenoxy) is 2. The third-order valence-corrected chi connectivity index (χ3v) is 6.42. The normalized spacial score (nSPS) is 15.8. The first-order valence-corrected chi connectivity index (χ1v) is 13.3. The second kappa shape index (κ2) is 13.2. The summed E-state index contributed by atoms with van der Waals surface area (Å²) >= 11 is 0. The molecule has 1 unspecified atom stereocenters. The lowest BCUT2D eigenvalue weighted by molar-refractivity contribution is -0.188. The van der Waals surface area contributed by atoms with Crippen LogP contribution in [0, 0.1) is 11.8 Å². The number of nitrogens with one attached hydrogen (secondary N) is 1. The van der Waals surface area contributed by atoms with E-state index in [4.69, 9.17) is 19.1 Å². The van der Waals surface area contributed by atoms with Crippen LogP contribution < -0.4 is 5.32 Å². The number of hydrogen-bond acceptors (Lipinski definition) is 8. The van der Waals surface area contributed by atoms with E-state index in [9.17, 15) is 4.79 Å². The van der Waals surface area contributed by atoms with Crippen LogP contribution in [0.1, 0.15) is 60.6 Å². The van der Waals surface area contributed by atoms with E-state index in [-0.39, 0.29) is 18.9 Å². The van der Waals surface area contributed by atoms with Crippen molar-refractivity contribution in [3.63, 3.8) is 0 Å². The zero-order valence-electron chi connectivity index (χ0n) is 22.2. The van der Waals surface area contributed by atoms with Gasteiger partial charge in [-0.15, -0.1) is 0 Å². The maximum atomic E-state index is 10.6. The Kier molecular flexibility index (Phi) is 8.98. The Morgan fingerprint density at radius 2 is 1.98 bits per heavy atom. The number of aliphatic carboxylic acids is 1. The second-order valence-electron chi connectivity index (χ2n) is 9.53. The van der Waals surface area contributed by atoms with Crippen molar-refractivity contribution in [2.24, 2.45) is 0 Å². The van der Waals surface area contributed by atoms with E-state index in [1.54, 1.807) is 12.4 Å². The van der Waals surface area contributed by atoms with Gasteiger partial charge in [-0.1, -0.05) is 17.0 Å². The summed E-state index contributed by atoms with van der Waals surface area (Å²) in [7, 11) is 0. The Morgan fingerprint density at radius 3 is 2.73 bits per heavy atom. The van der Waals surface area contributed by atoms with Gasteiger partial charge in [-0.3, -0.25) is 9.78 Å². The van der Waals surface area contributed by atoms with Gasteiger partial charge in [0.15, 0.2) is 12.1 Å². The lowest BCUT2D eigenvalue weighted by atomic mass is 10.1. The molecule has 0 aliphatic carbocycles. The molecule has 0 saturated carbocycles. The van der Waals surface area contributed by atoms with Gasteiger partial charge in [0.2, 0.25) is 0 Å². The molecule has 1 saturated heterocycles. The number of aromatic nitrogens is 4. The Labute approximate surface area is 232 Å². The van der Waals surface area contributed by atoms with E-state index in [1.807, 2.05) is 60.2 Å². The largest absolute Gasteiger partial charge is 0.480 e. The molecule has 0 amide bonds. The minimum atomic E-state index is -0.901. The average Bonchev–Trinajstić information content (AvgIpc) is 3.63. The molecular weight excluding hydrogens is 510 g/mol. The van der Waals surface area contributed by atoms with Crippen molar-refractivity contribution in [2.75, 3.05) is 13.2 Å². The molecule has 3 aromatic heterocycles. The zero-order chi connectivity index (χ0) is 27.7. The highest BCUT2D eigenvalue weighted by molar-refractivity contribution is 5.69. The quantitative estimate of drug-likeness (QED) is 0.285. The fourth-order valence-corrected chi connectivity index (χ4v) is 4.38. The summed E-state index contributed by atoms with van der Waals surface area (Å²) in [5.41, 5.74) is 4.07. The third kappa shape index (κ3) is 7.42. The summed E-state index contributed by atoms with van der Waals surface area (Å²) in [6, 6.07) is 13.4. The minimum absolute atomic E-state index is 0.106. The van der Waals surface area contributed by atoms with Gasteiger partial charge in [-0.2, -0.15) is 0 Å². The SMILES string of the molecule is C[C@H](OC1CCCCO1)c1nccn1Cc1cc(-c2ccc(C#Cc3ccc(CNCC(=O)O)nc3)cc2)on1. The van der Waals surface area contributed by atoms with E-state index in [0.29, 0.717) is 18.8 Å². The summed E-state index contributed by atoms with van der Waals surface area (Å²) in [5.74, 6) is 6.83. The number of rotatable bonds is 10. The maximum Gasteiger partial charge on any atom is 0.317 e. The van der Waals surface area contributed by atoms with E-state index in [2.05, 4.69) is 32.3 Å². The molecule has 40 heavy (non-hydrogen) atoms. The smallest absolute Gasteiger partial charge is 0.317 e. The molecule has 5 rings (SSSR count). The van der Waals surface area contributed by atoms with Crippen molar-refractivity contribution in [1.82, 2.24) is 25.0 Å². The number of benzene rings is 1. The molecule has 4 aromatic rings. The minimum Gasteiger partial charge on any atom is -0.480 e. The summed E-state index contributed by atoms with van der Waals surface area (Å²) < 4.78 is 19.4. The van der Waals surface area contributed by atoms with E-state index < -0.39 is 5.97 Å². The van der Waals surface area contributed by atoms with Crippen LogP contribution in [0.25, 0.3) is 11.3 Å². The lowest BCUT2D eigenvalue weighted by Crippen LogP contribution is -2.24. The van der Waals surface area contributed by atoms with Crippen molar-refractivity contribution in [3.05, 3.63) is 89.4 Å². The lowest BCUT2D eigenvalue weighted by Gasteiger charge is -2.26. The maximum absolute atomic E-state index is 10.6. The molecule has 4 heterocycles. The summed E-state index contributed by atoms with van der Waals surface area (Å²) in [4.78, 5) is 19.4. The summed E-state index contributed by atoms with van der Waals surface area (Å²) in [6.07, 6.45) is 8.07. The topological polar surface area (TPSA) is 125 Å². The first kappa shape index (κ1) is 27.3. The molecule has 1 aliphatic rings. The van der Waals surface area contributed by atoms with Crippen molar-refractivity contribution in [2.45, 2.75) is 51.7 Å². The number of carbonyl (C=O) groups is 1. The molecule has 2 N–H and O–H groups in total. The molecule has 10 nitrogen and oxygen atoms in total. The first-order valence-electron chi connectivity index (χ1n) is 13.3. The fraction of sp³-hybridized carbons (Fsp3) is 0.333. The van der Waals surface area contributed by atoms with Gasteiger partial charge in [0.1, 0.15) is 17.6 Å². The Bertz CT molecular complexity index is 1460. The second-order valence-corrected chi connectivity index (χ2v) is 9.53. The van der Waals surface area contributed by atoms with Gasteiger partial charge in [-0.25, -0.2) is 4.98 Å². The van der Waals surface area contributed by atoms with Crippen LogP contribution in [0.3, 0.4) is 0 Å². The summed E-state index contributed by atoms with van der Waals surface area (Å²) in [6.45, 7) is 3.53. The Hall–Kier alpha value is -4.30. The number of carboxylic acids is 1. The van der Waals surface area contributed by atoms with Gasteiger partial charge < -0.3 is 29.0 Å². The Balaban J connectivity index is 1.17. The predicted octanol–water partition coefficient (Wildman–Crippen LogP) is 4.16. The van der Waals surface area contributed by atoms with Gasteiger partial charge in [0, 0.05) is 54.5 Å². The third-order valence-electron chi connectivity index (χ3n) is 6.42. The highest BCUT2D eigenvalue weighted by Gasteiger charge is 2.21. The highest BCUT2D eigenvalue weighted by Crippen LogP contribution is 2.25. The van der Waals surface area contributed by atoms with E-state index >= 15 is 0 Å². The molecular formula is C30H31N5O5. The van der Waals surface area contributed by atoms with Crippen LogP contribution in [0.15, 0.2) is 65.6 Å². The fourth-order valence-electron chi connectivity index (χ4n) is 4.38. The van der Waals surface area contributed by atoms with Gasteiger partial charge in [0.25, 0.3) is 0 Å². The van der Waals surface area contributed by atoms with E-state index in [0.717, 1.165) is 59.8 Å². The van der Waals surface area contributed by atoms with Gasteiger partial charge in [-0.05, 0) is 62.6 Å². The molecule has 0 spiro atoms. The molecule has 0 radical (unpaired) electrons. The molecule has 0 bridgehead atoms. The standard InChI is InChI=1S/C30H31N5O5/c1-21(39-29-4-2-3-15-38-29)30-32-13-14-35(30)20-26-16-27(40-34-26)24-10-7-22(8-11-24)5-6-23-9-12-25(33-17-23)18-31-19-28(36)37/h7-14,16-17,21,29,31H,2-4,15,18-20H2,1H3,(H,36,37)/t21-,29?/m0/s1. The van der Waals surface area contributed by atoms with Crippen LogP contribution in [0.4, 0.5) is 0 Å². The van der Waals surface area contributed by atoms with Crippen molar-refractivity contribution in [3.8, 4) is 23.2 Å². The van der Waals surface area contributed by atoms with Gasteiger partial charge >= 0.3 is 5.97 Å². The van der Waals surface area contributed by atoms with E-state index in [1.165, 1.54) is 0 Å². The number of imidazole rings is 1. The van der Waals surface area contributed by atoms with Crippen LogP contribution in [-0.4, -0.2) is 50.2 Å². The Morgan fingerprint density at radius 1 is 1.15 bits per heavy atom. The highest BCUT2D eigenvalue weighted by atomic mass is 16.7. The van der Waals surface area contributed by atoms with Gasteiger partial charge in [0.05, 0.1) is 18.8 Å². The first-order chi connectivity index (χ1) is 19.5. The van der Waals surface area contributed by atoms with Crippen LogP contribution in [-0.2, 0) is 27.4 Å². The van der Waals surface area contributed by atoms with Crippen LogP contribution in [0.2, 0.25) is 0 Å². The molecule has 1 fully saturated rings. The predicted molar refractivity (Wildman–Crippen MR) is 146 cm³/mol. The summed E-state index contributed by atoms with van der Waals surface area (Å²) in [5, 5.41) is 15.8. The van der Waals surface area contributed by atoms with Crippen molar-refractivity contribution >= 4 is 5.97 Å². The molecule has 1 aromatic carbocycles. The number of pyridine rings is 1. The molecule has 2 atom stereocenters. The van der Waals surface area contributed by atoms with Crippen molar-refractivity contribution < 1.29 is 23.9 Å². The molecule has 1 aliphatic heterocycles. The monoisotopic (exact) mass is 541 g/mol. The number of hydrogen-bond donors (Lipinski definition) is 2. The van der Waals surface area contributed by atoms with Crippen LogP contribution >= 0.6 is 0 Å². The zero-order valence-corrected chi connectivity index (χ0v) is 22.2. The average molecular weight is 542 g/mol. The van der Waals surface area contributed by atoms with Crippen LogP contribution in [0.5, 0.6) is 0 Å². The molecule has 10 heteroatoms. The number of carboxylic acid groups (broad SMARTS) is 1.